The number of aromatic nitrogens is 2. The normalized spacial score (nSPS) is 13.5. The second kappa shape index (κ2) is 6.72. The van der Waals surface area contributed by atoms with Gasteiger partial charge in [0.15, 0.2) is 0 Å². The van der Waals surface area contributed by atoms with E-state index in [0.717, 1.165) is 11.3 Å². The van der Waals surface area contributed by atoms with Crippen molar-refractivity contribution in [3.05, 3.63) is 46.9 Å². The number of ether oxygens (including phenoxy) is 1. The van der Waals surface area contributed by atoms with Crippen LogP contribution in [0.1, 0.15) is 47.2 Å². The Kier molecular flexibility index (Phi) is 4.63. The average molecular weight is 339 g/mol. The minimum absolute atomic E-state index is 0.0359. The summed E-state index contributed by atoms with van der Waals surface area (Å²) in [6, 6.07) is 7.64. The zero-order valence-corrected chi connectivity index (χ0v) is 14.9. The number of rotatable bonds is 5. The molecule has 1 aromatic heterocycles. The van der Waals surface area contributed by atoms with Gasteiger partial charge in [0.25, 0.3) is 0 Å². The lowest BCUT2D eigenvalue weighted by Crippen LogP contribution is -2.22. The van der Waals surface area contributed by atoms with E-state index in [2.05, 4.69) is 9.97 Å². The zero-order chi connectivity index (χ0) is 18.1. The molecule has 0 saturated heterocycles. The van der Waals surface area contributed by atoms with Crippen LogP contribution in [0, 0.1) is 6.92 Å². The summed E-state index contributed by atoms with van der Waals surface area (Å²) in [5, 5.41) is 0. The SMILES string of the molecule is COCC(=O)c1nc(C(C)C)nc2c1CC(=O)N2c1ccccc1C. The van der Waals surface area contributed by atoms with E-state index in [9.17, 15) is 9.59 Å². The van der Waals surface area contributed by atoms with Gasteiger partial charge in [-0.2, -0.15) is 0 Å². The van der Waals surface area contributed by atoms with Crippen LogP contribution in [-0.2, 0) is 16.0 Å². The maximum Gasteiger partial charge on any atom is 0.237 e. The number of hydrogen-bond acceptors (Lipinski definition) is 5. The Balaban J connectivity index is 2.20. The second-order valence-corrected chi connectivity index (χ2v) is 6.44. The Bertz CT molecular complexity index is 846. The van der Waals surface area contributed by atoms with Gasteiger partial charge in [0, 0.05) is 18.6 Å². The number of anilines is 2. The molecule has 2 aromatic rings. The van der Waals surface area contributed by atoms with Crippen molar-refractivity contribution in [2.45, 2.75) is 33.1 Å². The molecule has 0 radical (unpaired) electrons. The summed E-state index contributed by atoms with van der Waals surface area (Å²) in [6.07, 6.45) is 0.118. The molecule has 6 nitrogen and oxygen atoms in total. The molecule has 1 aliphatic heterocycles. The number of hydrogen-bond donors (Lipinski definition) is 0. The molecule has 25 heavy (non-hydrogen) atoms. The molecule has 1 amide bonds. The van der Waals surface area contributed by atoms with Gasteiger partial charge < -0.3 is 4.74 Å². The van der Waals surface area contributed by atoms with Crippen molar-refractivity contribution < 1.29 is 14.3 Å². The van der Waals surface area contributed by atoms with Crippen LogP contribution in [0.15, 0.2) is 24.3 Å². The van der Waals surface area contributed by atoms with Crippen LogP contribution in [0.3, 0.4) is 0 Å². The number of Topliss-reactive ketones (excluding diaryl/α,β-unsaturated/α-hetero) is 1. The monoisotopic (exact) mass is 339 g/mol. The highest BCUT2D eigenvalue weighted by molar-refractivity contribution is 6.10. The second-order valence-electron chi connectivity index (χ2n) is 6.44. The summed E-state index contributed by atoms with van der Waals surface area (Å²) in [7, 11) is 1.47. The first-order chi connectivity index (χ1) is 11.9. The standard InChI is InChI=1S/C19H21N3O3/c1-11(2)18-20-17(15(23)10-25-4)13-9-16(24)22(19(13)21-18)14-8-6-5-7-12(14)3/h5-8,11H,9-10H2,1-4H3. The number of benzene rings is 1. The van der Waals surface area contributed by atoms with E-state index >= 15 is 0 Å². The maximum absolute atomic E-state index is 12.7. The maximum atomic E-state index is 12.7. The first-order valence-corrected chi connectivity index (χ1v) is 8.25. The van der Waals surface area contributed by atoms with Gasteiger partial charge in [-0.1, -0.05) is 32.0 Å². The van der Waals surface area contributed by atoms with Crippen LogP contribution < -0.4 is 4.90 Å². The molecule has 0 saturated carbocycles. The number of amides is 1. The van der Waals surface area contributed by atoms with Crippen LogP contribution in [0.2, 0.25) is 0 Å². The molecular formula is C19H21N3O3. The number of nitrogens with zero attached hydrogens (tertiary/aromatic N) is 3. The summed E-state index contributed by atoms with van der Waals surface area (Å²) in [4.78, 5) is 35.8. The van der Waals surface area contributed by atoms with Crippen molar-refractivity contribution in [3.63, 3.8) is 0 Å². The smallest absolute Gasteiger partial charge is 0.237 e. The van der Waals surface area contributed by atoms with E-state index < -0.39 is 0 Å². The molecule has 0 spiro atoms. The molecule has 1 aromatic carbocycles. The van der Waals surface area contributed by atoms with E-state index in [-0.39, 0.29) is 30.6 Å². The van der Waals surface area contributed by atoms with Gasteiger partial charge in [-0.05, 0) is 18.6 Å². The van der Waals surface area contributed by atoms with E-state index in [1.165, 1.54) is 7.11 Å². The van der Waals surface area contributed by atoms with Crippen molar-refractivity contribution >= 4 is 23.2 Å². The molecule has 0 unspecified atom stereocenters. The predicted octanol–water partition coefficient (Wildman–Crippen LogP) is 2.96. The van der Waals surface area contributed by atoms with Gasteiger partial charge in [0.1, 0.15) is 23.9 Å². The lowest BCUT2D eigenvalue weighted by atomic mass is 10.1. The fraction of sp³-hybridized carbons (Fsp3) is 0.368. The quantitative estimate of drug-likeness (QED) is 0.783. The van der Waals surface area contributed by atoms with Gasteiger partial charge in [0.05, 0.1) is 12.1 Å². The van der Waals surface area contributed by atoms with Crippen molar-refractivity contribution in [1.82, 2.24) is 9.97 Å². The highest BCUT2D eigenvalue weighted by Gasteiger charge is 2.35. The van der Waals surface area contributed by atoms with E-state index in [1.54, 1.807) is 4.90 Å². The van der Waals surface area contributed by atoms with Gasteiger partial charge in [-0.3, -0.25) is 14.5 Å². The fourth-order valence-corrected chi connectivity index (χ4v) is 2.94. The third-order valence-electron chi connectivity index (χ3n) is 4.20. The number of para-hydroxylation sites is 1. The minimum Gasteiger partial charge on any atom is -0.376 e. The summed E-state index contributed by atoms with van der Waals surface area (Å²) < 4.78 is 4.97. The molecule has 0 bridgehead atoms. The van der Waals surface area contributed by atoms with Gasteiger partial charge >= 0.3 is 0 Å². The van der Waals surface area contributed by atoms with Crippen LogP contribution in [0.4, 0.5) is 11.5 Å². The molecule has 0 fully saturated rings. The lowest BCUT2D eigenvalue weighted by Gasteiger charge is -2.20. The van der Waals surface area contributed by atoms with Crippen molar-refractivity contribution in [3.8, 4) is 0 Å². The Labute approximate surface area is 146 Å². The molecule has 130 valence electrons. The topological polar surface area (TPSA) is 72.4 Å². The largest absolute Gasteiger partial charge is 0.376 e. The minimum atomic E-state index is -0.234. The molecule has 6 heteroatoms. The molecule has 3 rings (SSSR count). The van der Waals surface area contributed by atoms with Crippen molar-refractivity contribution in [1.29, 1.82) is 0 Å². The van der Waals surface area contributed by atoms with E-state index in [0.29, 0.717) is 22.9 Å². The first kappa shape index (κ1) is 17.2. The Morgan fingerprint density at radius 3 is 2.64 bits per heavy atom. The number of fused-ring (bicyclic) bond motifs is 1. The molecule has 0 atom stereocenters. The molecular weight excluding hydrogens is 318 g/mol. The van der Waals surface area contributed by atoms with Crippen molar-refractivity contribution in [2.75, 3.05) is 18.6 Å². The summed E-state index contributed by atoms with van der Waals surface area (Å²) in [5.41, 5.74) is 2.63. The van der Waals surface area contributed by atoms with Gasteiger partial charge in [-0.25, -0.2) is 9.97 Å². The Morgan fingerprint density at radius 2 is 2.00 bits per heavy atom. The Morgan fingerprint density at radius 1 is 1.28 bits per heavy atom. The molecule has 2 heterocycles. The third-order valence-corrected chi connectivity index (χ3v) is 4.20. The average Bonchev–Trinajstić information content (AvgIpc) is 2.90. The molecule has 1 aliphatic rings. The Hall–Kier alpha value is -2.60. The lowest BCUT2D eigenvalue weighted by molar-refractivity contribution is -0.116. The summed E-state index contributed by atoms with van der Waals surface area (Å²) in [5.74, 6) is 0.756. The van der Waals surface area contributed by atoms with Gasteiger partial charge in [-0.15, -0.1) is 0 Å². The molecule has 0 N–H and O–H groups in total. The number of methoxy groups -OCH3 is 1. The predicted molar refractivity (Wildman–Crippen MR) is 94.4 cm³/mol. The summed E-state index contributed by atoms with van der Waals surface area (Å²) in [6.45, 7) is 5.80. The summed E-state index contributed by atoms with van der Waals surface area (Å²) >= 11 is 0. The zero-order valence-electron chi connectivity index (χ0n) is 14.9. The van der Waals surface area contributed by atoms with E-state index in [4.69, 9.17) is 4.74 Å². The van der Waals surface area contributed by atoms with E-state index in [1.807, 2.05) is 45.0 Å². The van der Waals surface area contributed by atoms with Crippen molar-refractivity contribution in [2.24, 2.45) is 0 Å². The third kappa shape index (κ3) is 3.05. The van der Waals surface area contributed by atoms with Crippen LogP contribution in [-0.4, -0.2) is 35.4 Å². The number of carbonyl (C=O) groups is 2. The highest BCUT2D eigenvalue weighted by Crippen LogP contribution is 2.37. The molecule has 0 aliphatic carbocycles. The van der Waals surface area contributed by atoms with Crippen LogP contribution in [0.25, 0.3) is 0 Å². The van der Waals surface area contributed by atoms with Gasteiger partial charge in [0.2, 0.25) is 11.7 Å². The van der Waals surface area contributed by atoms with Crippen LogP contribution in [0.5, 0.6) is 0 Å². The number of ketones is 1. The fourth-order valence-electron chi connectivity index (χ4n) is 2.94. The van der Waals surface area contributed by atoms with Crippen LogP contribution >= 0.6 is 0 Å². The number of aryl methyl sites for hydroxylation is 1. The highest BCUT2D eigenvalue weighted by atomic mass is 16.5. The first-order valence-electron chi connectivity index (χ1n) is 8.25. The number of carbonyl (C=O) groups excluding carboxylic acids is 2.